The molecular formula is C17H18N2O3. The Kier molecular flexibility index (Phi) is 5.68. The molecule has 0 radical (unpaired) electrons. The lowest BCUT2D eigenvalue weighted by Gasteiger charge is -2.06. The molecule has 114 valence electrons. The van der Waals surface area contributed by atoms with Crippen LogP contribution in [0.3, 0.4) is 0 Å². The average Bonchev–Trinajstić information content (AvgIpc) is 2.59. The summed E-state index contributed by atoms with van der Waals surface area (Å²) in [5.41, 5.74) is 4.28. The van der Waals surface area contributed by atoms with Crippen LogP contribution in [-0.2, 0) is 4.79 Å². The molecule has 3 N–H and O–H groups in total. The van der Waals surface area contributed by atoms with Crippen molar-refractivity contribution in [2.24, 2.45) is 0 Å². The Balaban J connectivity index is 1.87. The zero-order valence-electron chi connectivity index (χ0n) is 12.1. The monoisotopic (exact) mass is 298 g/mol. The summed E-state index contributed by atoms with van der Waals surface area (Å²) in [6.07, 6.45) is 0.643. The van der Waals surface area contributed by atoms with Gasteiger partial charge in [0.25, 0.3) is 5.91 Å². The fourth-order valence-electron chi connectivity index (χ4n) is 2.05. The zero-order chi connectivity index (χ0) is 15.8. The lowest BCUT2D eigenvalue weighted by Crippen LogP contribution is -2.26. The van der Waals surface area contributed by atoms with Gasteiger partial charge in [-0.1, -0.05) is 42.5 Å². The second-order valence-corrected chi connectivity index (χ2v) is 4.84. The maximum Gasteiger partial charge on any atom is 0.251 e. The summed E-state index contributed by atoms with van der Waals surface area (Å²) in [6.45, 7) is 0.382. The highest BCUT2D eigenvalue weighted by Crippen LogP contribution is 2.19. The summed E-state index contributed by atoms with van der Waals surface area (Å²) >= 11 is 0. The van der Waals surface area contributed by atoms with Crippen molar-refractivity contribution in [3.8, 4) is 11.1 Å². The van der Waals surface area contributed by atoms with E-state index in [-0.39, 0.29) is 12.3 Å². The minimum atomic E-state index is -0.457. The van der Waals surface area contributed by atoms with Crippen molar-refractivity contribution >= 4 is 11.8 Å². The molecule has 2 rings (SSSR count). The smallest absolute Gasteiger partial charge is 0.251 e. The molecule has 0 fully saturated rings. The minimum Gasteiger partial charge on any atom is -0.352 e. The van der Waals surface area contributed by atoms with Gasteiger partial charge in [-0.2, -0.15) is 0 Å². The van der Waals surface area contributed by atoms with Gasteiger partial charge in [-0.15, -0.1) is 0 Å². The van der Waals surface area contributed by atoms with E-state index in [0.717, 1.165) is 11.1 Å². The molecule has 22 heavy (non-hydrogen) atoms. The first-order valence-electron chi connectivity index (χ1n) is 7.07. The van der Waals surface area contributed by atoms with Crippen LogP contribution in [0.4, 0.5) is 0 Å². The van der Waals surface area contributed by atoms with Crippen LogP contribution in [0.1, 0.15) is 23.2 Å². The van der Waals surface area contributed by atoms with Crippen LogP contribution in [0.2, 0.25) is 0 Å². The first-order valence-corrected chi connectivity index (χ1v) is 7.07. The molecule has 0 aliphatic rings. The summed E-state index contributed by atoms with van der Waals surface area (Å²) in [7, 11) is 0. The second-order valence-electron chi connectivity index (χ2n) is 4.84. The van der Waals surface area contributed by atoms with E-state index in [4.69, 9.17) is 5.21 Å². The largest absolute Gasteiger partial charge is 0.352 e. The van der Waals surface area contributed by atoms with E-state index in [0.29, 0.717) is 18.5 Å². The van der Waals surface area contributed by atoms with Gasteiger partial charge in [0.1, 0.15) is 0 Å². The number of carbonyl (C=O) groups excluding carboxylic acids is 2. The first-order chi connectivity index (χ1) is 10.7. The van der Waals surface area contributed by atoms with E-state index in [9.17, 15) is 9.59 Å². The molecule has 0 aromatic heterocycles. The van der Waals surface area contributed by atoms with E-state index in [2.05, 4.69) is 5.32 Å². The second kappa shape index (κ2) is 7.95. The quantitative estimate of drug-likeness (QED) is 0.435. The topological polar surface area (TPSA) is 78.4 Å². The molecule has 0 saturated carbocycles. The van der Waals surface area contributed by atoms with E-state index in [1.54, 1.807) is 17.6 Å². The van der Waals surface area contributed by atoms with Crippen molar-refractivity contribution in [3.63, 3.8) is 0 Å². The molecule has 0 unspecified atom stereocenters. The van der Waals surface area contributed by atoms with E-state index in [1.165, 1.54) is 0 Å². The van der Waals surface area contributed by atoms with E-state index in [1.807, 2.05) is 42.5 Å². The van der Waals surface area contributed by atoms with Gasteiger partial charge >= 0.3 is 0 Å². The number of hydrogen-bond donors (Lipinski definition) is 3. The van der Waals surface area contributed by atoms with Gasteiger partial charge in [0.05, 0.1) is 0 Å². The number of hydroxylamine groups is 1. The molecule has 0 spiro atoms. The molecule has 0 heterocycles. The molecule has 0 aliphatic heterocycles. The van der Waals surface area contributed by atoms with Crippen LogP contribution in [0.25, 0.3) is 11.1 Å². The number of rotatable bonds is 6. The van der Waals surface area contributed by atoms with Gasteiger partial charge in [0.2, 0.25) is 5.91 Å². The predicted octanol–water partition coefficient (Wildman–Crippen LogP) is 2.37. The van der Waals surface area contributed by atoms with Crippen molar-refractivity contribution in [2.45, 2.75) is 12.8 Å². The molecule has 2 aromatic carbocycles. The highest BCUT2D eigenvalue weighted by atomic mass is 16.5. The lowest BCUT2D eigenvalue weighted by atomic mass is 10.0. The Morgan fingerprint density at radius 1 is 0.909 bits per heavy atom. The van der Waals surface area contributed by atoms with Crippen LogP contribution >= 0.6 is 0 Å². The summed E-state index contributed by atoms with van der Waals surface area (Å²) in [6, 6.07) is 17.3. The van der Waals surface area contributed by atoms with Gasteiger partial charge < -0.3 is 5.32 Å². The van der Waals surface area contributed by atoms with E-state index < -0.39 is 5.91 Å². The van der Waals surface area contributed by atoms with Crippen molar-refractivity contribution in [3.05, 3.63) is 60.2 Å². The maximum absolute atomic E-state index is 11.9. The van der Waals surface area contributed by atoms with Crippen molar-refractivity contribution in [1.29, 1.82) is 0 Å². The summed E-state index contributed by atoms with van der Waals surface area (Å²) in [5.74, 6) is -0.634. The third-order valence-corrected chi connectivity index (χ3v) is 3.25. The Hall–Kier alpha value is -2.66. The first kappa shape index (κ1) is 15.7. The number of benzene rings is 2. The molecule has 5 nitrogen and oxygen atoms in total. The highest BCUT2D eigenvalue weighted by molar-refractivity contribution is 5.94. The molecule has 5 heteroatoms. The lowest BCUT2D eigenvalue weighted by molar-refractivity contribution is -0.129. The van der Waals surface area contributed by atoms with Crippen molar-refractivity contribution in [2.75, 3.05) is 6.54 Å². The Bertz CT molecular complexity index is 624. The molecule has 2 aromatic rings. The fraction of sp³-hybridized carbons (Fsp3) is 0.176. The third kappa shape index (κ3) is 4.43. The van der Waals surface area contributed by atoms with Gasteiger partial charge in [-0.05, 0) is 29.7 Å². The third-order valence-electron chi connectivity index (χ3n) is 3.25. The maximum atomic E-state index is 11.9. The number of hydrogen-bond acceptors (Lipinski definition) is 3. The average molecular weight is 298 g/mol. The standard InChI is InChI=1S/C17H18N2O3/c20-16(19-22)7-4-12-18-17(21)15-10-8-14(9-11-15)13-5-2-1-3-6-13/h1-3,5-6,8-11,22H,4,7,12H2,(H,18,21)(H,19,20). The Labute approximate surface area is 128 Å². The normalized spacial score (nSPS) is 10.0. The van der Waals surface area contributed by atoms with E-state index >= 15 is 0 Å². The van der Waals surface area contributed by atoms with Crippen LogP contribution in [0.5, 0.6) is 0 Å². The molecular weight excluding hydrogens is 280 g/mol. The minimum absolute atomic E-state index is 0.170. The molecule has 0 atom stereocenters. The number of amides is 2. The van der Waals surface area contributed by atoms with Gasteiger partial charge in [-0.3, -0.25) is 14.8 Å². The van der Waals surface area contributed by atoms with Gasteiger partial charge in [0.15, 0.2) is 0 Å². The molecule has 0 saturated heterocycles. The van der Waals surface area contributed by atoms with Crippen LogP contribution < -0.4 is 10.8 Å². The predicted molar refractivity (Wildman–Crippen MR) is 83.4 cm³/mol. The van der Waals surface area contributed by atoms with Gasteiger partial charge in [-0.25, -0.2) is 5.48 Å². The summed E-state index contributed by atoms with van der Waals surface area (Å²) < 4.78 is 0. The van der Waals surface area contributed by atoms with Crippen LogP contribution in [0, 0.1) is 0 Å². The van der Waals surface area contributed by atoms with Crippen LogP contribution in [0.15, 0.2) is 54.6 Å². The fourth-order valence-corrected chi connectivity index (χ4v) is 2.05. The van der Waals surface area contributed by atoms with Crippen molar-refractivity contribution in [1.82, 2.24) is 10.8 Å². The Morgan fingerprint density at radius 2 is 1.55 bits per heavy atom. The van der Waals surface area contributed by atoms with Crippen LogP contribution in [-0.4, -0.2) is 23.6 Å². The SMILES string of the molecule is O=C(CCCNC(=O)c1ccc(-c2ccccc2)cc1)NO. The number of carbonyl (C=O) groups is 2. The summed E-state index contributed by atoms with van der Waals surface area (Å²) in [4.78, 5) is 22.8. The highest BCUT2D eigenvalue weighted by Gasteiger charge is 2.06. The number of nitrogens with one attached hydrogen (secondary N) is 2. The van der Waals surface area contributed by atoms with Gasteiger partial charge in [0, 0.05) is 18.5 Å². The molecule has 2 amide bonds. The molecule has 0 bridgehead atoms. The Morgan fingerprint density at radius 3 is 2.18 bits per heavy atom. The molecule has 0 aliphatic carbocycles. The van der Waals surface area contributed by atoms with Crippen molar-refractivity contribution < 1.29 is 14.8 Å². The summed E-state index contributed by atoms with van der Waals surface area (Å²) in [5, 5.41) is 11.1. The zero-order valence-corrected chi connectivity index (χ0v) is 12.1.